The molecule has 1 aliphatic heterocycles. The van der Waals surface area contributed by atoms with Gasteiger partial charge in [-0.3, -0.25) is 5.43 Å². The van der Waals surface area contributed by atoms with Crippen molar-refractivity contribution in [3.8, 4) is 0 Å². The van der Waals surface area contributed by atoms with Gasteiger partial charge in [0, 0.05) is 22.6 Å². The van der Waals surface area contributed by atoms with Gasteiger partial charge in [-0.05, 0) is 36.3 Å². The number of fused-ring (bicyclic) bond motifs is 1. The van der Waals surface area contributed by atoms with E-state index in [2.05, 4.69) is 83.1 Å². The Morgan fingerprint density at radius 1 is 0.811 bits per heavy atom. The molecule has 5 aromatic rings. The van der Waals surface area contributed by atoms with Crippen LogP contribution in [0.3, 0.4) is 0 Å². The van der Waals surface area contributed by atoms with Gasteiger partial charge in [0.05, 0.1) is 16.4 Å². The summed E-state index contributed by atoms with van der Waals surface area (Å²) in [5.74, 6) is 1.59. The van der Waals surface area contributed by atoms with Crippen LogP contribution >= 0.6 is 11.3 Å². The fourth-order valence-corrected chi connectivity index (χ4v) is 5.38. The third-order valence-corrected chi connectivity index (χ3v) is 7.34. The molecule has 1 aromatic heterocycles. The Morgan fingerprint density at radius 3 is 2.24 bits per heavy atom. The molecule has 1 N–H and O–H groups in total. The van der Waals surface area contributed by atoms with Gasteiger partial charge in [0.2, 0.25) is 5.13 Å². The van der Waals surface area contributed by atoms with E-state index in [9.17, 15) is 0 Å². The van der Waals surface area contributed by atoms with Gasteiger partial charge in [0.1, 0.15) is 11.5 Å². The fraction of sp³-hybridized carbons (Fsp3) is 0.0625. The van der Waals surface area contributed by atoms with Crippen LogP contribution in [0.1, 0.15) is 28.2 Å². The number of benzene rings is 4. The SMILES string of the molecule is Cc1ccccc1C1C=C(c2ccccc2)OC(c2ccccc2)=C1C=NNc1nc2ccccc2s1. The second kappa shape index (κ2) is 10.2. The van der Waals surface area contributed by atoms with Crippen LogP contribution in [0.25, 0.3) is 21.7 Å². The lowest BCUT2D eigenvalue weighted by atomic mass is 9.84. The Balaban J connectivity index is 1.45. The summed E-state index contributed by atoms with van der Waals surface area (Å²) in [6.07, 6.45) is 4.08. The lowest BCUT2D eigenvalue weighted by Gasteiger charge is -2.28. The Morgan fingerprint density at radius 2 is 1.49 bits per heavy atom. The van der Waals surface area contributed by atoms with Crippen LogP contribution < -0.4 is 5.43 Å². The van der Waals surface area contributed by atoms with Crippen LogP contribution in [-0.4, -0.2) is 11.2 Å². The maximum atomic E-state index is 6.62. The quantitative estimate of drug-likeness (QED) is 0.189. The number of hydrogen-bond acceptors (Lipinski definition) is 5. The van der Waals surface area contributed by atoms with Gasteiger partial charge >= 0.3 is 0 Å². The summed E-state index contributed by atoms with van der Waals surface area (Å²) in [5, 5.41) is 5.40. The molecule has 0 saturated heterocycles. The fourth-order valence-electron chi connectivity index (χ4n) is 4.57. The van der Waals surface area contributed by atoms with Crippen molar-refractivity contribution in [3.63, 3.8) is 0 Å². The van der Waals surface area contributed by atoms with Gasteiger partial charge in [0.15, 0.2) is 0 Å². The molecular weight excluding hydrogens is 474 g/mol. The van der Waals surface area contributed by atoms with Crippen molar-refractivity contribution in [1.82, 2.24) is 4.98 Å². The van der Waals surface area contributed by atoms with Crippen LogP contribution in [0.15, 0.2) is 126 Å². The van der Waals surface area contributed by atoms with E-state index in [0.29, 0.717) is 0 Å². The number of aromatic nitrogens is 1. The monoisotopic (exact) mass is 499 g/mol. The van der Waals surface area contributed by atoms with E-state index in [-0.39, 0.29) is 5.92 Å². The second-order valence-corrected chi connectivity index (χ2v) is 9.87. The third kappa shape index (κ3) is 4.82. The Bertz CT molecular complexity index is 1600. The first kappa shape index (κ1) is 23.0. The first-order valence-electron chi connectivity index (χ1n) is 12.2. The highest BCUT2D eigenvalue weighted by Gasteiger charge is 2.28. The standard InChI is InChI=1S/C32H25N3OS/c1-22-12-8-9-17-25(22)26-20-29(23-13-4-2-5-14-23)36-31(24-15-6-3-7-16-24)27(26)21-33-35-32-34-28-18-10-11-19-30(28)37-32/h2-21,26H,1H3,(H,34,35). The summed E-state index contributed by atoms with van der Waals surface area (Å²) >= 11 is 1.58. The summed E-state index contributed by atoms with van der Waals surface area (Å²) in [7, 11) is 0. The smallest absolute Gasteiger partial charge is 0.204 e. The largest absolute Gasteiger partial charge is 0.456 e. The first-order valence-corrected chi connectivity index (χ1v) is 13.0. The molecule has 180 valence electrons. The lowest BCUT2D eigenvalue weighted by Crippen LogP contribution is -2.14. The Kier molecular flexibility index (Phi) is 6.36. The summed E-state index contributed by atoms with van der Waals surface area (Å²) < 4.78 is 7.75. The lowest BCUT2D eigenvalue weighted by molar-refractivity contribution is 0.456. The number of ether oxygens (including phenoxy) is 1. The number of anilines is 1. The molecule has 0 radical (unpaired) electrons. The highest BCUT2D eigenvalue weighted by Crippen LogP contribution is 2.41. The number of hydrazone groups is 1. The molecule has 1 atom stereocenters. The molecule has 2 heterocycles. The topological polar surface area (TPSA) is 46.5 Å². The van der Waals surface area contributed by atoms with Gasteiger partial charge in [-0.1, -0.05) is 108 Å². The first-order chi connectivity index (χ1) is 18.3. The van der Waals surface area contributed by atoms with Gasteiger partial charge in [-0.2, -0.15) is 5.10 Å². The van der Waals surface area contributed by atoms with E-state index in [0.717, 1.165) is 43.6 Å². The number of rotatable bonds is 6. The minimum Gasteiger partial charge on any atom is -0.456 e. The van der Waals surface area contributed by atoms with Crippen molar-refractivity contribution in [2.45, 2.75) is 12.8 Å². The normalized spacial score (nSPS) is 15.6. The predicted octanol–water partition coefficient (Wildman–Crippen LogP) is 8.27. The summed E-state index contributed by atoms with van der Waals surface area (Å²) in [6.45, 7) is 2.15. The highest BCUT2D eigenvalue weighted by atomic mass is 32.1. The Hall–Kier alpha value is -4.48. The van der Waals surface area contributed by atoms with Gasteiger partial charge < -0.3 is 4.74 Å². The molecule has 0 spiro atoms. The van der Waals surface area contributed by atoms with Crippen molar-refractivity contribution >= 4 is 44.4 Å². The minimum absolute atomic E-state index is 0.0405. The maximum Gasteiger partial charge on any atom is 0.204 e. The zero-order chi connectivity index (χ0) is 25.0. The van der Waals surface area contributed by atoms with Crippen molar-refractivity contribution in [3.05, 3.63) is 143 Å². The molecule has 6 rings (SSSR count). The number of aryl methyl sites for hydroxylation is 1. The van der Waals surface area contributed by atoms with Crippen molar-refractivity contribution in [2.24, 2.45) is 5.10 Å². The molecule has 37 heavy (non-hydrogen) atoms. The van der Waals surface area contributed by atoms with Gasteiger partial charge in [0.25, 0.3) is 0 Å². The summed E-state index contributed by atoms with van der Waals surface area (Å²) in [6, 6.07) is 37.1. The zero-order valence-electron chi connectivity index (χ0n) is 20.3. The number of nitrogens with one attached hydrogen (secondary N) is 1. The summed E-state index contributed by atoms with van der Waals surface area (Å²) in [5.41, 5.74) is 9.57. The molecule has 1 aliphatic rings. The molecule has 0 fully saturated rings. The van der Waals surface area contributed by atoms with Crippen LogP contribution in [0.5, 0.6) is 0 Å². The van der Waals surface area contributed by atoms with Crippen molar-refractivity contribution < 1.29 is 4.74 Å². The van der Waals surface area contributed by atoms with Crippen LogP contribution in [0.4, 0.5) is 5.13 Å². The molecule has 0 bridgehead atoms. The maximum absolute atomic E-state index is 6.62. The van der Waals surface area contributed by atoms with Crippen molar-refractivity contribution in [2.75, 3.05) is 5.43 Å². The summed E-state index contributed by atoms with van der Waals surface area (Å²) in [4.78, 5) is 4.65. The van der Waals surface area contributed by atoms with Crippen LogP contribution in [-0.2, 0) is 4.74 Å². The van der Waals surface area contributed by atoms with Gasteiger partial charge in [-0.25, -0.2) is 4.98 Å². The van der Waals surface area contributed by atoms with E-state index in [1.165, 1.54) is 11.1 Å². The molecule has 5 heteroatoms. The molecule has 0 saturated carbocycles. The zero-order valence-corrected chi connectivity index (χ0v) is 21.2. The molecule has 0 aliphatic carbocycles. The average molecular weight is 500 g/mol. The number of allylic oxidation sites excluding steroid dienone is 2. The van der Waals surface area contributed by atoms with E-state index in [4.69, 9.17) is 4.74 Å². The Labute approximate surface area is 220 Å². The average Bonchev–Trinajstić information content (AvgIpc) is 3.37. The molecule has 1 unspecified atom stereocenters. The highest BCUT2D eigenvalue weighted by molar-refractivity contribution is 7.22. The van der Waals surface area contributed by atoms with Crippen molar-refractivity contribution in [1.29, 1.82) is 0 Å². The molecular formula is C32H25N3OS. The number of para-hydroxylation sites is 1. The number of hydrogen-bond donors (Lipinski definition) is 1. The van der Waals surface area contributed by atoms with Crippen LogP contribution in [0, 0.1) is 6.92 Å². The minimum atomic E-state index is -0.0405. The van der Waals surface area contributed by atoms with E-state index < -0.39 is 0 Å². The van der Waals surface area contributed by atoms with E-state index >= 15 is 0 Å². The number of nitrogens with zero attached hydrogens (tertiary/aromatic N) is 2. The second-order valence-electron chi connectivity index (χ2n) is 8.84. The number of thiazole rings is 1. The molecule has 4 nitrogen and oxygen atoms in total. The van der Waals surface area contributed by atoms with Gasteiger partial charge in [-0.15, -0.1) is 0 Å². The van der Waals surface area contributed by atoms with E-state index in [1.54, 1.807) is 11.3 Å². The molecule has 0 amide bonds. The van der Waals surface area contributed by atoms with E-state index in [1.807, 2.05) is 60.8 Å². The molecule has 4 aromatic carbocycles. The predicted molar refractivity (Wildman–Crippen MR) is 155 cm³/mol. The van der Waals surface area contributed by atoms with Crippen LogP contribution in [0.2, 0.25) is 0 Å². The third-order valence-electron chi connectivity index (χ3n) is 6.40.